The number of aromatic amines is 1. The van der Waals surface area contributed by atoms with Gasteiger partial charge in [-0.25, -0.2) is 4.98 Å². The van der Waals surface area contributed by atoms with Crippen molar-refractivity contribution < 1.29 is 4.79 Å². The fraction of sp³-hybridized carbons (Fsp3) is 0.167. The number of carbonyl (C=O) groups is 1. The predicted molar refractivity (Wildman–Crippen MR) is 117 cm³/mol. The molecule has 0 aliphatic rings. The van der Waals surface area contributed by atoms with Gasteiger partial charge in [-0.05, 0) is 48.2 Å². The van der Waals surface area contributed by atoms with E-state index in [1.165, 1.54) is 10.9 Å². The van der Waals surface area contributed by atoms with Gasteiger partial charge in [0.25, 0.3) is 5.91 Å². The van der Waals surface area contributed by atoms with Crippen LogP contribution >= 0.6 is 0 Å². The van der Waals surface area contributed by atoms with E-state index in [-0.39, 0.29) is 5.91 Å². The van der Waals surface area contributed by atoms with E-state index in [9.17, 15) is 4.79 Å². The highest BCUT2D eigenvalue weighted by atomic mass is 16.1. The Morgan fingerprint density at radius 2 is 1.83 bits per heavy atom. The lowest BCUT2D eigenvalue weighted by molar-refractivity contribution is 0.0946. The van der Waals surface area contributed by atoms with Crippen LogP contribution < -0.4 is 10.6 Å². The van der Waals surface area contributed by atoms with E-state index in [4.69, 9.17) is 0 Å². The summed E-state index contributed by atoms with van der Waals surface area (Å²) in [6.07, 6.45) is 4.67. The van der Waals surface area contributed by atoms with Gasteiger partial charge in [0.05, 0.1) is 11.9 Å². The minimum absolute atomic E-state index is 0.168. The Kier molecular flexibility index (Phi) is 5.56. The Morgan fingerprint density at radius 1 is 1.00 bits per heavy atom. The smallest absolute Gasteiger partial charge is 0.270 e. The first-order valence-corrected chi connectivity index (χ1v) is 9.78. The van der Waals surface area contributed by atoms with Gasteiger partial charge in [-0.3, -0.25) is 4.79 Å². The molecule has 0 aliphatic carbocycles. The molecule has 0 bridgehead atoms. The third-order valence-electron chi connectivity index (χ3n) is 5.10. The maximum absolute atomic E-state index is 12.3. The highest BCUT2D eigenvalue weighted by Crippen LogP contribution is 2.18. The van der Waals surface area contributed by atoms with Crippen molar-refractivity contribution in [1.82, 2.24) is 15.3 Å². The van der Waals surface area contributed by atoms with Crippen LogP contribution in [0.25, 0.3) is 10.9 Å². The standard InChI is InChI=1S/C24H24N4O/c1-17-6-2-3-7-18(17)14-28-24(29)23-11-10-20(16-27-23)25-13-12-19-15-26-22-9-5-4-8-21(19)22/h2-11,15-16,25-26H,12-14H2,1H3,(H,28,29). The summed E-state index contributed by atoms with van der Waals surface area (Å²) in [6, 6.07) is 20.0. The second-order valence-corrected chi connectivity index (χ2v) is 7.08. The van der Waals surface area contributed by atoms with Gasteiger partial charge >= 0.3 is 0 Å². The number of nitrogens with zero attached hydrogens (tertiary/aromatic N) is 1. The van der Waals surface area contributed by atoms with E-state index in [2.05, 4.69) is 45.0 Å². The molecule has 0 atom stereocenters. The summed E-state index contributed by atoms with van der Waals surface area (Å²) in [7, 11) is 0. The number of pyridine rings is 1. The molecule has 2 aromatic carbocycles. The monoisotopic (exact) mass is 384 g/mol. The van der Waals surface area contributed by atoms with E-state index >= 15 is 0 Å². The molecule has 0 fully saturated rings. The van der Waals surface area contributed by atoms with E-state index < -0.39 is 0 Å². The molecule has 0 aliphatic heterocycles. The average molecular weight is 384 g/mol. The largest absolute Gasteiger partial charge is 0.383 e. The van der Waals surface area contributed by atoms with Gasteiger partial charge in [0.15, 0.2) is 0 Å². The number of hydrogen-bond donors (Lipinski definition) is 3. The predicted octanol–water partition coefficient (Wildman–Crippen LogP) is 4.46. The Balaban J connectivity index is 1.29. The molecule has 0 spiro atoms. The second kappa shape index (κ2) is 8.61. The fourth-order valence-corrected chi connectivity index (χ4v) is 3.39. The molecule has 5 nitrogen and oxygen atoms in total. The van der Waals surface area contributed by atoms with Crippen LogP contribution in [0, 0.1) is 6.92 Å². The second-order valence-electron chi connectivity index (χ2n) is 7.08. The summed E-state index contributed by atoms with van der Waals surface area (Å²) in [5, 5.41) is 7.56. The first kappa shape index (κ1) is 18.7. The number of para-hydroxylation sites is 1. The summed E-state index contributed by atoms with van der Waals surface area (Å²) in [4.78, 5) is 19.9. The van der Waals surface area contributed by atoms with Crippen LogP contribution in [0.2, 0.25) is 0 Å². The number of amides is 1. The van der Waals surface area contributed by atoms with Crippen molar-refractivity contribution in [3.63, 3.8) is 0 Å². The number of aromatic nitrogens is 2. The van der Waals surface area contributed by atoms with Crippen LogP contribution in [0.5, 0.6) is 0 Å². The van der Waals surface area contributed by atoms with Gasteiger partial charge in [-0.2, -0.15) is 0 Å². The van der Waals surface area contributed by atoms with Crippen LogP contribution in [0.4, 0.5) is 5.69 Å². The van der Waals surface area contributed by atoms with E-state index in [0.29, 0.717) is 12.2 Å². The normalized spacial score (nSPS) is 10.8. The van der Waals surface area contributed by atoms with Crippen LogP contribution in [0.1, 0.15) is 27.2 Å². The number of carbonyl (C=O) groups excluding carboxylic acids is 1. The zero-order valence-corrected chi connectivity index (χ0v) is 16.4. The number of nitrogens with one attached hydrogen (secondary N) is 3. The highest BCUT2D eigenvalue weighted by Gasteiger charge is 2.08. The number of H-pyrrole nitrogens is 1. The lowest BCUT2D eigenvalue weighted by atomic mass is 10.1. The van der Waals surface area contributed by atoms with Crippen LogP contribution in [-0.4, -0.2) is 22.4 Å². The Hall–Kier alpha value is -3.60. The summed E-state index contributed by atoms with van der Waals surface area (Å²) in [5.74, 6) is -0.168. The quantitative estimate of drug-likeness (QED) is 0.441. The van der Waals surface area contributed by atoms with Crippen molar-refractivity contribution in [2.75, 3.05) is 11.9 Å². The molecule has 2 aromatic heterocycles. The molecule has 0 saturated carbocycles. The van der Waals surface area contributed by atoms with Gasteiger partial charge in [0, 0.05) is 30.2 Å². The number of aryl methyl sites for hydroxylation is 1. The first-order chi connectivity index (χ1) is 14.2. The molecule has 3 N–H and O–H groups in total. The van der Waals surface area contributed by atoms with Crippen LogP contribution in [0.3, 0.4) is 0 Å². The maximum atomic E-state index is 12.3. The lowest BCUT2D eigenvalue weighted by Crippen LogP contribution is -2.24. The van der Waals surface area contributed by atoms with Crippen molar-refractivity contribution in [3.8, 4) is 0 Å². The van der Waals surface area contributed by atoms with Gasteiger partial charge in [0.1, 0.15) is 5.69 Å². The molecule has 146 valence electrons. The number of fused-ring (bicyclic) bond motifs is 1. The molecule has 4 rings (SSSR count). The van der Waals surface area contributed by atoms with Crippen molar-refractivity contribution in [1.29, 1.82) is 0 Å². The molecule has 0 radical (unpaired) electrons. The van der Waals surface area contributed by atoms with Gasteiger partial charge in [0.2, 0.25) is 0 Å². The molecular weight excluding hydrogens is 360 g/mol. The molecule has 29 heavy (non-hydrogen) atoms. The van der Waals surface area contributed by atoms with Gasteiger partial charge in [-0.1, -0.05) is 42.5 Å². The van der Waals surface area contributed by atoms with Gasteiger partial charge < -0.3 is 15.6 Å². The van der Waals surface area contributed by atoms with E-state index in [1.54, 1.807) is 12.3 Å². The van der Waals surface area contributed by atoms with Gasteiger partial charge in [-0.15, -0.1) is 0 Å². The summed E-state index contributed by atoms with van der Waals surface area (Å²) in [5.41, 5.74) is 6.03. The lowest BCUT2D eigenvalue weighted by Gasteiger charge is -2.09. The molecular formula is C24H24N4O. The SMILES string of the molecule is Cc1ccccc1CNC(=O)c1ccc(NCCc2c[nH]c3ccccc23)cn1. The highest BCUT2D eigenvalue weighted by molar-refractivity contribution is 5.92. The van der Waals surface area contributed by atoms with E-state index in [0.717, 1.165) is 35.3 Å². The van der Waals surface area contributed by atoms with Crippen molar-refractivity contribution in [2.24, 2.45) is 0 Å². The minimum atomic E-state index is -0.168. The molecule has 1 amide bonds. The average Bonchev–Trinajstić information content (AvgIpc) is 3.17. The minimum Gasteiger partial charge on any atom is -0.383 e. The number of benzene rings is 2. The topological polar surface area (TPSA) is 69.8 Å². The Labute approximate surface area is 170 Å². The summed E-state index contributed by atoms with van der Waals surface area (Å²) < 4.78 is 0. The maximum Gasteiger partial charge on any atom is 0.270 e. The third-order valence-corrected chi connectivity index (χ3v) is 5.10. The molecule has 0 saturated heterocycles. The Morgan fingerprint density at radius 3 is 2.66 bits per heavy atom. The zero-order valence-electron chi connectivity index (χ0n) is 16.4. The van der Waals surface area contributed by atoms with E-state index in [1.807, 2.05) is 43.3 Å². The number of anilines is 1. The number of rotatable bonds is 7. The zero-order chi connectivity index (χ0) is 20.1. The summed E-state index contributed by atoms with van der Waals surface area (Å²) >= 11 is 0. The molecule has 5 heteroatoms. The molecule has 0 unspecified atom stereocenters. The van der Waals surface area contributed by atoms with Crippen LogP contribution in [0.15, 0.2) is 73.1 Å². The van der Waals surface area contributed by atoms with Crippen molar-refractivity contribution in [2.45, 2.75) is 19.9 Å². The number of hydrogen-bond acceptors (Lipinski definition) is 3. The first-order valence-electron chi connectivity index (χ1n) is 9.78. The third kappa shape index (κ3) is 4.46. The summed E-state index contributed by atoms with van der Waals surface area (Å²) in [6.45, 7) is 3.33. The fourth-order valence-electron chi connectivity index (χ4n) is 3.39. The molecule has 4 aromatic rings. The van der Waals surface area contributed by atoms with Crippen LogP contribution in [-0.2, 0) is 13.0 Å². The Bertz CT molecular complexity index is 1120. The van der Waals surface area contributed by atoms with Crippen molar-refractivity contribution in [3.05, 3.63) is 95.4 Å². The van der Waals surface area contributed by atoms with Crippen molar-refractivity contribution >= 4 is 22.5 Å². The molecule has 2 heterocycles.